The van der Waals surface area contributed by atoms with Crippen LogP contribution < -0.4 is 5.32 Å². The van der Waals surface area contributed by atoms with E-state index < -0.39 is 0 Å². The van der Waals surface area contributed by atoms with Gasteiger partial charge in [-0.25, -0.2) is 0 Å². The molecule has 1 aromatic heterocycles. The first-order chi connectivity index (χ1) is 9.61. The van der Waals surface area contributed by atoms with Crippen molar-refractivity contribution in [1.82, 2.24) is 9.88 Å². The van der Waals surface area contributed by atoms with Gasteiger partial charge in [-0.1, -0.05) is 36.2 Å². The quantitative estimate of drug-likeness (QED) is 0.789. The molecule has 2 aromatic rings. The number of rotatable bonds is 6. The molecule has 0 amide bonds. The van der Waals surface area contributed by atoms with Crippen molar-refractivity contribution in [1.29, 1.82) is 0 Å². The molecule has 0 aliphatic heterocycles. The number of hydrogen-bond donors (Lipinski definition) is 1. The average molecular weight is 311 g/mol. The summed E-state index contributed by atoms with van der Waals surface area (Å²) < 4.78 is 2.28. The summed E-state index contributed by atoms with van der Waals surface area (Å²) in [7, 11) is 0. The maximum atomic E-state index is 6.24. The molecule has 0 saturated carbocycles. The lowest BCUT2D eigenvalue weighted by Crippen LogP contribution is -2.20. The Kier molecular flexibility index (Phi) is 5.53. The highest BCUT2D eigenvalue weighted by Crippen LogP contribution is 2.26. The fourth-order valence-electron chi connectivity index (χ4n) is 2.29. The lowest BCUT2D eigenvalue weighted by molar-refractivity contribution is 0.542. The molecule has 0 spiro atoms. The van der Waals surface area contributed by atoms with Crippen LogP contribution in [0.15, 0.2) is 36.5 Å². The molecule has 2 nitrogen and oxygen atoms in total. The highest BCUT2D eigenvalue weighted by molar-refractivity contribution is 6.35. The molecule has 1 N–H and O–H groups in total. The van der Waals surface area contributed by atoms with Crippen LogP contribution in [0.2, 0.25) is 10.0 Å². The van der Waals surface area contributed by atoms with Gasteiger partial charge in [0.1, 0.15) is 0 Å². The molecule has 1 unspecified atom stereocenters. The summed E-state index contributed by atoms with van der Waals surface area (Å²) in [6.45, 7) is 6.18. The first-order valence-corrected chi connectivity index (χ1v) is 7.69. The SMILES string of the molecule is CCCn1cccc1CNC(C)c1ccc(Cl)cc1Cl. The van der Waals surface area contributed by atoms with E-state index in [0.29, 0.717) is 10.0 Å². The Labute approximate surface area is 130 Å². The number of aryl methyl sites for hydroxylation is 1. The maximum absolute atomic E-state index is 6.24. The van der Waals surface area contributed by atoms with E-state index in [9.17, 15) is 0 Å². The van der Waals surface area contributed by atoms with E-state index in [4.69, 9.17) is 23.2 Å². The van der Waals surface area contributed by atoms with Crippen LogP contribution in [0.1, 0.15) is 37.6 Å². The van der Waals surface area contributed by atoms with Crippen molar-refractivity contribution in [2.24, 2.45) is 0 Å². The van der Waals surface area contributed by atoms with Gasteiger partial charge in [0.25, 0.3) is 0 Å². The van der Waals surface area contributed by atoms with Gasteiger partial charge in [-0.3, -0.25) is 0 Å². The first-order valence-electron chi connectivity index (χ1n) is 6.94. The van der Waals surface area contributed by atoms with E-state index in [1.807, 2.05) is 12.1 Å². The largest absolute Gasteiger partial charge is 0.350 e. The summed E-state index contributed by atoms with van der Waals surface area (Å²) in [5.74, 6) is 0. The second-order valence-electron chi connectivity index (χ2n) is 4.96. The minimum absolute atomic E-state index is 0.185. The van der Waals surface area contributed by atoms with Crippen molar-refractivity contribution in [3.63, 3.8) is 0 Å². The lowest BCUT2D eigenvalue weighted by atomic mass is 10.1. The third-order valence-corrected chi connectivity index (χ3v) is 3.97. The number of nitrogens with zero attached hydrogens (tertiary/aromatic N) is 1. The first kappa shape index (κ1) is 15.4. The zero-order chi connectivity index (χ0) is 14.5. The molecular formula is C16H20Cl2N2. The minimum Gasteiger partial charge on any atom is -0.350 e. The van der Waals surface area contributed by atoms with E-state index in [0.717, 1.165) is 25.1 Å². The van der Waals surface area contributed by atoms with Crippen LogP contribution in [0.4, 0.5) is 0 Å². The van der Waals surface area contributed by atoms with Crippen molar-refractivity contribution >= 4 is 23.2 Å². The van der Waals surface area contributed by atoms with Crippen molar-refractivity contribution < 1.29 is 0 Å². The fourth-order valence-corrected chi connectivity index (χ4v) is 2.86. The van der Waals surface area contributed by atoms with Crippen LogP contribution in [-0.2, 0) is 13.1 Å². The Balaban J connectivity index is 2.01. The van der Waals surface area contributed by atoms with Crippen LogP contribution >= 0.6 is 23.2 Å². The van der Waals surface area contributed by atoms with Crippen LogP contribution in [-0.4, -0.2) is 4.57 Å². The topological polar surface area (TPSA) is 17.0 Å². The van der Waals surface area contributed by atoms with Gasteiger partial charge in [-0.15, -0.1) is 0 Å². The van der Waals surface area contributed by atoms with Gasteiger partial charge < -0.3 is 9.88 Å². The summed E-state index contributed by atoms with van der Waals surface area (Å²) in [5, 5.41) is 4.89. The highest BCUT2D eigenvalue weighted by atomic mass is 35.5. The molecule has 0 aliphatic rings. The van der Waals surface area contributed by atoms with Gasteiger partial charge in [0.2, 0.25) is 0 Å². The smallest absolute Gasteiger partial charge is 0.0468 e. The van der Waals surface area contributed by atoms with Crippen LogP contribution in [0, 0.1) is 0 Å². The molecular weight excluding hydrogens is 291 g/mol. The normalized spacial score (nSPS) is 12.6. The standard InChI is InChI=1S/C16H20Cl2N2/c1-3-8-20-9-4-5-14(20)11-19-12(2)15-7-6-13(17)10-16(15)18/h4-7,9-10,12,19H,3,8,11H2,1-2H3. The third-order valence-electron chi connectivity index (χ3n) is 3.41. The van der Waals surface area contributed by atoms with Gasteiger partial charge >= 0.3 is 0 Å². The average Bonchev–Trinajstić information content (AvgIpc) is 2.84. The Hall–Kier alpha value is -0.960. The molecule has 1 aromatic carbocycles. The lowest BCUT2D eigenvalue weighted by Gasteiger charge is -2.17. The van der Waals surface area contributed by atoms with Crippen molar-refractivity contribution in [2.75, 3.05) is 0 Å². The minimum atomic E-state index is 0.185. The molecule has 0 fully saturated rings. The number of benzene rings is 1. The maximum Gasteiger partial charge on any atom is 0.0468 e. The molecule has 4 heteroatoms. The van der Waals surface area contributed by atoms with E-state index in [1.54, 1.807) is 6.07 Å². The van der Waals surface area contributed by atoms with Crippen molar-refractivity contribution in [3.05, 3.63) is 57.8 Å². The second-order valence-corrected chi connectivity index (χ2v) is 5.80. The molecule has 108 valence electrons. The fraction of sp³-hybridized carbons (Fsp3) is 0.375. The number of halogens is 2. The zero-order valence-corrected chi connectivity index (χ0v) is 13.4. The summed E-state index contributed by atoms with van der Waals surface area (Å²) in [4.78, 5) is 0. The summed E-state index contributed by atoms with van der Waals surface area (Å²) >= 11 is 12.2. The molecule has 0 saturated heterocycles. The molecule has 0 aliphatic carbocycles. The van der Waals surface area contributed by atoms with E-state index in [1.165, 1.54) is 5.69 Å². The van der Waals surface area contributed by atoms with Gasteiger partial charge in [0.05, 0.1) is 0 Å². The third kappa shape index (κ3) is 3.78. The summed E-state index contributed by atoms with van der Waals surface area (Å²) in [6, 6.07) is 10.1. The molecule has 2 rings (SSSR count). The molecule has 0 radical (unpaired) electrons. The molecule has 1 atom stereocenters. The molecule has 20 heavy (non-hydrogen) atoms. The Morgan fingerprint density at radius 2 is 2.05 bits per heavy atom. The Morgan fingerprint density at radius 3 is 2.75 bits per heavy atom. The predicted molar refractivity (Wildman–Crippen MR) is 86.4 cm³/mol. The van der Waals surface area contributed by atoms with Gasteiger partial charge in [0.15, 0.2) is 0 Å². The predicted octanol–water partition coefficient (Wildman–Crippen LogP) is 5.06. The van der Waals surface area contributed by atoms with Gasteiger partial charge in [-0.2, -0.15) is 0 Å². The van der Waals surface area contributed by atoms with Crippen LogP contribution in [0.25, 0.3) is 0 Å². The van der Waals surface area contributed by atoms with E-state index >= 15 is 0 Å². The highest BCUT2D eigenvalue weighted by Gasteiger charge is 2.10. The Morgan fingerprint density at radius 1 is 1.25 bits per heavy atom. The number of hydrogen-bond acceptors (Lipinski definition) is 1. The van der Waals surface area contributed by atoms with Gasteiger partial charge in [-0.05, 0) is 43.2 Å². The summed E-state index contributed by atoms with van der Waals surface area (Å²) in [6.07, 6.45) is 3.26. The Bertz CT molecular complexity index is 563. The molecule has 0 bridgehead atoms. The number of nitrogens with one attached hydrogen (secondary N) is 1. The molecule has 1 heterocycles. The monoisotopic (exact) mass is 310 g/mol. The zero-order valence-electron chi connectivity index (χ0n) is 11.9. The van der Waals surface area contributed by atoms with Gasteiger partial charge in [0, 0.05) is 41.1 Å². The second kappa shape index (κ2) is 7.16. The summed E-state index contributed by atoms with van der Waals surface area (Å²) in [5.41, 5.74) is 2.37. The van der Waals surface area contributed by atoms with Crippen LogP contribution in [0.5, 0.6) is 0 Å². The van der Waals surface area contributed by atoms with Crippen LogP contribution in [0.3, 0.4) is 0 Å². The number of aromatic nitrogens is 1. The van der Waals surface area contributed by atoms with Crippen molar-refractivity contribution in [3.8, 4) is 0 Å². The van der Waals surface area contributed by atoms with E-state index in [2.05, 4.69) is 42.1 Å². The van der Waals surface area contributed by atoms with Crippen molar-refractivity contribution in [2.45, 2.75) is 39.4 Å². The van der Waals surface area contributed by atoms with E-state index in [-0.39, 0.29) is 6.04 Å².